The summed E-state index contributed by atoms with van der Waals surface area (Å²) < 4.78 is 6.71. The summed E-state index contributed by atoms with van der Waals surface area (Å²) in [5.41, 5.74) is 0.996. The molecule has 0 saturated heterocycles. The highest BCUT2D eigenvalue weighted by Gasteiger charge is 2.09. The van der Waals surface area contributed by atoms with Crippen LogP contribution in [-0.4, -0.2) is 6.61 Å². The predicted octanol–water partition coefficient (Wildman–Crippen LogP) is 6.13. The second kappa shape index (κ2) is 7.34. The van der Waals surface area contributed by atoms with Crippen LogP contribution in [0.5, 0.6) is 5.75 Å². The van der Waals surface area contributed by atoms with Crippen LogP contribution in [0.3, 0.4) is 0 Å². The van der Waals surface area contributed by atoms with E-state index in [9.17, 15) is 0 Å². The van der Waals surface area contributed by atoms with E-state index in [0.29, 0.717) is 11.6 Å². The van der Waals surface area contributed by atoms with Gasteiger partial charge in [-0.1, -0.05) is 18.5 Å². The van der Waals surface area contributed by atoms with Crippen molar-refractivity contribution in [2.45, 2.75) is 26.3 Å². The van der Waals surface area contributed by atoms with Crippen molar-refractivity contribution in [2.24, 2.45) is 0 Å². The molecule has 0 radical (unpaired) electrons. The quantitative estimate of drug-likeness (QED) is 0.657. The molecular weight excluding hydrogens is 358 g/mol. The number of rotatable bonds is 6. The molecule has 108 valence electrons. The van der Waals surface area contributed by atoms with Crippen molar-refractivity contribution in [3.63, 3.8) is 0 Å². The number of benzene rings is 1. The molecule has 1 aromatic carbocycles. The van der Waals surface area contributed by atoms with Crippen LogP contribution in [0.25, 0.3) is 0 Å². The smallest absolute Gasteiger partial charge is 0.138 e. The highest BCUT2D eigenvalue weighted by molar-refractivity contribution is 9.11. The average molecular weight is 375 g/mol. The fraction of sp³-hybridized carbons (Fsp3) is 0.333. The molecule has 1 N–H and O–H groups in total. The summed E-state index contributed by atoms with van der Waals surface area (Å²) in [5, 5.41) is 4.09. The molecule has 0 saturated carbocycles. The Balaban J connectivity index is 2.04. The van der Waals surface area contributed by atoms with E-state index in [-0.39, 0.29) is 6.04 Å². The molecule has 2 rings (SSSR count). The molecule has 20 heavy (non-hydrogen) atoms. The van der Waals surface area contributed by atoms with Crippen LogP contribution in [-0.2, 0) is 0 Å². The van der Waals surface area contributed by atoms with E-state index >= 15 is 0 Å². The van der Waals surface area contributed by atoms with Gasteiger partial charge in [0, 0.05) is 10.6 Å². The Morgan fingerprint density at radius 2 is 2.15 bits per heavy atom. The van der Waals surface area contributed by atoms with Gasteiger partial charge in [0.15, 0.2) is 0 Å². The lowest BCUT2D eigenvalue weighted by Crippen LogP contribution is -2.05. The molecule has 0 aliphatic rings. The Morgan fingerprint density at radius 1 is 1.35 bits per heavy atom. The maximum atomic E-state index is 6.23. The third-order valence-electron chi connectivity index (χ3n) is 2.80. The van der Waals surface area contributed by atoms with Crippen molar-refractivity contribution >= 4 is 44.6 Å². The predicted molar refractivity (Wildman–Crippen MR) is 91.3 cm³/mol. The molecule has 1 unspecified atom stereocenters. The summed E-state index contributed by atoms with van der Waals surface area (Å²) in [5.74, 6) is 0.741. The Bertz CT molecular complexity index is 573. The molecule has 0 amide bonds. The number of anilines is 1. The van der Waals surface area contributed by atoms with Crippen LogP contribution >= 0.6 is 38.9 Å². The Kier molecular flexibility index (Phi) is 5.75. The summed E-state index contributed by atoms with van der Waals surface area (Å²) >= 11 is 11.4. The van der Waals surface area contributed by atoms with Gasteiger partial charge in [-0.3, -0.25) is 0 Å². The van der Waals surface area contributed by atoms with Gasteiger partial charge in [-0.15, -0.1) is 11.3 Å². The van der Waals surface area contributed by atoms with E-state index in [1.165, 1.54) is 4.88 Å². The van der Waals surface area contributed by atoms with Gasteiger partial charge in [-0.2, -0.15) is 0 Å². The van der Waals surface area contributed by atoms with Crippen molar-refractivity contribution in [1.29, 1.82) is 0 Å². The maximum Gasteiger partial charge on any atom is 0.138 e. The number of ether oxygens (including phenoxy) is 1. The molecule has 0 aliphatic carbocycles. The van der Waals surface area contributed by atoms with Crippen LogP contribution in [0, 0.1) is 0 Å². The zero-order valence-corrected chi connectivity index (χ0v) is 14.6. The molecule has 0 bridgehead atoms. The van der Waals surface area contributed by atoms with Crippen molar-refractivity contribution in [1.82, 2.24) is 0 Å². The van der Waals surface area contributed by atoms with E-state index in [1.54, 1.807) is 11.3 Å². The summed E-state index contributed by atoms with van der Waals surface area (Å²) in [6.07, 6.45) is 0.973. The topological polar surface area (TPSA) is 21.3 Å². The molecule has 5 heteroatoms. The van der Waals surface area contributed by atoms with Gasteiger partial charge in [0.1, 0.15) is 5.75 Å². The minimum absolute atomic E-state index is 0.241. The molecule has 1 atom stereocenters. The number of nitrogens with one attached hydrogen (secondary N) is 1. The first-order chi connectivity index (χ1) is 9.60. The van der Waals surface area contributed by atoms with Gasteiger partial charge in [0.2, 0.25) is 0 Å². The molecule has 2 nitrogen and oxygen atoms in total. The van der Waals surface area contributed by atoms with Crippen LogP contribution in [0.2, 0.25) is 5.02 Å². The monoisotopic (exact) mass is 373 g/mol. The number of hydrogen-bond donors (Lipinski definition) is 1. The second-order valence-corrected chi connectivity index (χ2v) is 7.40. The highest BCUT2D eigenvalue weighted by atomic mass is 79.9. The van der Waals surface area contributed by atoms with Gasteiger partial charge >= 0.3 is 0 Å². The van der Waals surface area contributed by atoms with E-state index < -0.39 is 0 Å². The number of thiophene rings is 1. The summed E-state index contributed by atoms with van der Waals surface area (Å²) in [6, 6.07) is 10.2. The molecule has 0 spiro atoms. The van der Waals surface area contributed by atoms with Gasteiger partial charge in [0.05, 0.1) is 21.5 Å². The largest absolute Gasteiger partial charge is 0.492 e. The third-order valence-corrected chi connectivity index (χ3v) is 4.90. The molecule has 0 fully saturated rings. The fourth-order valence-electron chi connectivity index (χ4n) is 1.80. The van der Waals surface area contributed by atoms with Gasteiger partial charge in [0.25, 0.3) is 0 Å². The van der Waals surface area contributed by atoms with Crippen LogP contribution in [0.15, 0.2) is 34.1 Å². The van der Waals surface area contributed by atoms with Crippen molar-refractivity contribution < 1.29 is 4.74 Å². The van der Waals surface area contributed by atoms with E-state index in [0.717, 1.165) is 21.6 Å². The molecule has 1 heterocycles. The summed E-state index contributed by atoms with van der Waals surface area (Å²) in [6.45, 7) is 4.89. The first-order valence-corrected chi connectivity index (χ1v) is 8.53. The van der Waals surface area contributed by atoms with Crippen molar-refractivity contribution in [3.8, 4) is 5.75 Å². The number of halogens is 2. The minimum Gasteiger partial charge on any atom is -0.492 e. The van der Waals surface area contributed by atoms with Gasteiger partial charge in [-0.05, 0) is 59.6 Å². The molecule has 0 aliphatic heterocycles. The zero-order chi connectivity index (χ0) is 14.5. The summed E-state index contributed by atoms with van der Waals surface area (Å²) in [7, 11) is 0. The lowest BCUT2D eigenvalue weighted by atomic mass is 10.2. The van der Waals surface area contributed by atoms with Crippen molar-refractivity contribution in [2.75, 3.05) is 11.9 Å². The summed E-state index contributed by atoms with van der Waals surface area (Å²) in [4.78, 5) is 1.28. The van der Waals surface area contributed by atoms with E-state index in [2.05, 4.69) is 47.2 Å². The van der Waals surface area contributed by atoms with Gasteiger partial charge in [-0.25, -0.2) is 0 Å². The van der Waals surface area contributed by atoms with E-state index in [4.69, 9.17) is 16.3 Å². The fourth-order valence-corrected chi connectivity index (χ4v) is 3.46. The third kappa shape index (κ3) is 4.14. The van der Waals surface area contributed by atoms with E-state index in [1.807, 2.05) is 18.2 Å². The maximum absolute atomic E-state index is 6.23. The first-order valence-electron chi connectivity index (χ1n) is 6.54. The van der Waals surface area contributed by atoms with Gasteiger partial charge < -0.3 is 10.1 Å². The van der Waals surface area contributed by atoms with Crippen LogP contribution in [0.4, 0.5) is 5.69 Å². The molecular formula is C15H17BrClNOS. The SMILES string of the molecule is CCCOc1ccc(NC(C)c2ccc(Br)s2)cc1Cl. The lowest BCUT2D eigenvalue weighted by Gasteiger charge is -2.15. The lowest BCUT2D eigenvalue weighted by molar-refractivity contribution is 0.317. The molecule has 1 aromatic heterocycles. The Morgan fingerprint density at radius 3 is 2.75 bits per heavy atom. The minimum atomic E-state index is 0.241. The number of hydrogen-bond acceptors (Lipinski definition) is 3. The standard InChI is InChI=1S/C15H17BrClNOS/c1-3-8-19-13-5-4-11(9-12(13)17)18-10(2)14-6-7-15(16)20-14/h4-7,9-10,18H,3,8H2,1-2H3. The van der Waals surface area contributed by atoms with Crippen LogP contribution in [0.1, 0.15) is 31.2 Å². The highest BCUT2D eigenvalue weighted by Crippen LogP contribution is 2.32. The first kappa shape index (κ1) is 15.7. The Labute approximate surface area is 137 Å². The second-order valence-electron chi connectivity index (χ2n) is 4.50. The van der Waals surface area contributed by atoms with Crippen LogP contribution < -0.4 is 10.1 Å². The normalized spacial score (nSPS) is 12.2. The van der Waals surface area contributed by atoms with Crippen molar-refractivity contribution in [3.05, 3.63) is 44.0 Å². The molecule has 2 aromatic rings. The zero-order valence-electron chi connectivity index (χ0n) is 11.5. The Hall–Kier alpha value is -0.710. The average Bonchev–Trinajstić information content (AvgIpc) is 2.85.